The second-order valence-corrected chi connectivity index (χ2v) is 12.6. The number of nitrogens with one attached hydrogen (secondary N) is 1. The van der Waals surface area contributed by atoms with Crippen molar-refractivity contribution in [3.8, 4) is 0 Å². The van der Waals surface area contributed by atoms with Gasteiger partial charge in [0.25, 0.3) is 20.2 Å². The van der Waals surface area contributed by atoms with Crippen molar-refractivity contribution in [2.24, 2.45) is 11.8 Å². The third-order valence-corrected chi connectivity index (χ3v) is 9.01. The summed E-state index contributed by atoms with van der Waals surface area (Å²) in [7, 11) is -9.91. The highest BCUT2D eigenvalue weighted by Crippen LogP contribution is 2.50. The number of nitrogen functional groups attached to an aromatic ring is 1. The smallest absolute Gasteiger partial charge is 0.335 e. The van der Waals surface area contributed by atoms with Gasteiger partial charge in [-0.15, -0.1) is 0 Å². The Kier molecular flexibility index (Phi) is 7.15. The number of rotatable bonds is 7. The van der Waals surface area contributed by atoms with Gasteiger partial charge in [-0.3, -0.25) is 19.3 Å². The average molecular weight is 575 g/mol. The van der Waals surface area contributed by atoms with Crippen LogP contribution in [-0.2, 0) is 37.9 Å². The first-order chi connectivity index (χ1) is 18.0. The highest BCUT2D eigenvalue weighted by Gasteiger charge is 2.43. The number of anilines is 1. The summed E-state index contributed by atoms with van der Waals surface area (Å²) in [6.07, 6.45) is 2.24. The molecule has 0 saturated carbocycles. The molecule has 0 fully saturated rings. The molecule has 0 radical (unpaired) electrons. The van der Waals surface area contributed by atoms with Crippen molar-refractivity contribution in [2.45, 2.75) is 37.5 Å². The van der Waals surface area contributed by atoms with Crippen LogP contribution < -0.4 is 5.73 Å². The van der Waals surface area contributed by atoms with Crippen LogP contribution in [0, 0.1) is 17.2 Å². The fraction of sp³-hybridized carbons (Fsp3) is 0.269. The second-order valence-electron chi connectivity index (χ2n) is 9.83. The minimum absolute atomic E-state index is 0.00767. The Labute approximate surface area is 225 Å². The SMILES string of the molecule is CC(C)C(=O)Cc1ccc(C(=O)O)c(C2c3ccc(N)c(S(=O)(=O)O)c3CC3=C(S(=O)(=O)O)C(=N)C=CC32)c1. The molecule has 2 aliphatic carbocycles. The fourth-order valence-corrected chi connectivity index (χ4v) is 7.05. The third-order valence-electron chi connectivity index (χ3n) is 7.02. The minimum Gasteiger partial charge on any atom is -0.478 e. The number of hydrogen-bond acceptors (Lipinski definition) is 8. The summed E-state index contributed by atoms with van der Waals surface area (Å²) in [5.74, 6) is -3.67. The molecule has 0 aliphatic heterocycles. The first-order valence-corrected chi connectivity index (χ1v) is 14.7. The summed E-state index contributed by atoms with van der Waals surface area (Å²) in [6, 6.07) is 7.03. The van der Waals surface area contributed by atoms with Gasteiger partial charge in [-0.2, -0.15) is 16.8 Å². The molecule has 11 nitrogen and oxygen atoms in total. The number of carboxylic acids is 1. The van der Waals surface area contributed by atoms with Crippen molar-refractivity contribution in [3.05, 3.63) is 80.8 Å². The molecule has 2 aliphatic rings. The molecule has 0 amide bonds. The van der Waals surface area contributed by atoms with Crippen molar-refractivity contribution in [1.82, 2.24) is 0 Å². The third kappa shape index (κ3) is 5.17. The van der Waals surface area contributed by atoms with Crippen molar-refractivity contribution in [2.75, 3.05) is 5.73 Å². The van der Waals surface area contributed by atoms with E-state index in [1.54, 1.807) is 13.8 Å². The monoisotopic (exact) mass is 574 g/mol. The van der Waals surface area contributed by atoms with Gasteiger partial charge in [-0.1, -0.05) is 38.1 Å². The van der Waals surface area contributed by atoms with E-state index in [9.17, 15) is 40.6 Å². The van der Waals surface area contributed by atoms with E-state index in [4.69, 9.17) is 11.1 Å². The first-order valence-electron chi connectivity index (χ1n) is 11.8. The molecule has 13 heteroatoms. The number of hydrogen-bond donors (Lipinski definition) is 5. The summed E-state index contributed by atoms with van der Waals surface area (Å²) < 4.78 is 69.5. The lowest BCUT2D eigenvalue weighted by Crippen LogP contribution is -2.32. The van der Waals surface area contributed by atoms with E-state index in [1.165, 1.54) is 42.5 Å². The molecule has 2 aromatic rings. The Bertz CT molecular complexity index is 1720. The van der Waals surface area contributed by atoms with Crippen LogP contribution in [0.15, 0.2) is 57.9 Å². The number of allylic oxidation sites excluding steroid dienone is 4. The quantitative estimate of drug-likeness (QED) is 0.241. The van der Waals surface area contributed by atoms with E-state index in [2.05, 4.69) is 0 Å². The molecule has 39 heavy (non-hydrogen) atoms. The van der Waals surface area contributed by atoms with E-state index >= 15 is 0 Å². The van der Waals surface area contributed by atoms with E-state index in [-0.39, 0.29) is 51.6 Å². The molecule has 4 rings (SSSR count). The summed E-state index contributed by atoms with van der Waals surface area (Å²) in [5.41, 5.74) is 5.61. The van der Waals surface area contributed by atoms with Crippen molar-refractivity contribution in [1.29, 1.82) is 5.41 Å². The predicted molar refractivity (Wildman–Crippen MR) is 142 cm³/mol. The summed E-state index contributed by atoms with van der Waals surface area (Å²) >= 11 is 0. The number of nitrogens with two attached hydrogens (primary N) is 1. The highest BCUT2D eigenvalue weighted by atomic mass is 32.2. The van der Waals surface area contributed by atoms with Crippen LogP contribution in [0.2, 0.25) is 0 Å². The lowest BCUT2D eigenvalue weighted by Gasteiger charge is -2.38. The fourth-order valence-electron chi connectivity index (χ4n) is 5.30. The maximum Gasteiger partial charge on any atom is 0.335 e. The molecule has 2 unspecified atom stereocenters. The van der Waals surface area contributed by atoms with Gasteiger partial charge in [-0.05, 0) is 52.5 Å². The maximum atomic E-state index is 12.5. The molecule has 6 N–H and O–H groups in total. The van der Waals surface area contributed by atoms with E-state index in [1.807, 2.05) is 0 Å². The Hall–Kier alpha value is -3.65. The maximum absolute atomic E-state index is 12.5. The molecule has 2 aromatic carbocycles. The second kappa shape index (κ2) is 9.83. The summed E-state index contributed by atoms with van der Waals surface area (Å²) in [6.45, 7) is 3.45. The lowest BCUT2D eigenvalue weighted by atomic mass is 9.66. The van der Waals surface area contributed by atoms with Crippen LogP contribution in [0.1, 0.15) is 52.4 Å². The van der Waals surface area contributed by atoms with Gasteiger partial charge < -0.3 is 10.8 Å². The number of ketones is 1. The van der Waals surface area contributed by atoms with Crippen LogP contribution >= 0.6 is 0 Å². The molecule has 2 atom stereocenters. The molecule has 0 aromatic heterocycles. The Morgan fingerprint density at radius 2 is 1.72 bits per heavy atom. The number of carbonyl (C=O) groups excluding carboxylic acids is 1. The molecular weight excluding hydrogens is 548 g/mol. The molecule has 0 bridgehead atoms. The highest BCUT2D eigenvalue weighted by molar-refractivity contribution is 7.91. The van der Waals surface area contributed by atoms with Crippen LogP contribution in [0.3, 0.4) is 0 Å². The predicted octanol–water partition coefficient (Wildman–Crippen LogP) is 3.02. The number of benzene rings is 2. The van der Waals surface area contributed by atoms with Crippen LogP contribution in [-0.4, -0.2) is 48.5 Å². The van der Waals surface area contributed by atoms with Gasteiger partial charge in [-0.25, -0.2) is 4.79 Å². The van der Waals surface area contributed by atoms with Gasteiger partial charge in [0.1, 0.15) is 15.6 Å². The Morgan fingerprint density at radius 1 is 1.05 bits per heavy atom. The summed E-state index contributed by atoms with van der Waals surface area (Å²) in [4.78, 5) is 23.4. The number of fused-ring (bicyclic) bond motifs is 2. The van der Waals surface area contributed by atoms with Crippen LogP contribution in [0.25, 0.3) is 0 Å². The van der Waals surface area contributed by atoms with Gasteiger partial charge in [0.15, 0.2) is 0 Å². The minimum atomic E-state index is -4.97. The van der Waals surface area contributed by atoms with E-state index < -0.39 is 60.0 Å². The average Bonchev–Trinajstić information content (AvgIpc) is 2.80. The number of aromatic carboxylic acids is 1. The molecular formula is C26H26N2O9S2. The topological polar surface area (TPSA) is 213 Å². The van der Waals surface area contributed by atoms with E-state index in [0.717, 1.165) is 0 Å². The molecule has 0 saturated heterocycles. The molecule has 0 heterocycles. The standard InChI is InChI=1S/C26H26N2O9S2/c1-12(2)22(29)10-13-3-4-16(26(30)31)17(9-13)23-14-5-7-20(27)24(38(32,33)34)18(14)11-19-15(23)6-8-21(28)25(19)39(35,36)37/h3-9,12,14,23,27H,10-11,28H2,1-2H3,(H,30,31)(H,32,33,34)(H,35,36,37). The van der Waals surface area contributed by atoms with Crippen LogP contribution in [0.5, 0.6) is 0 Å². The Balaban J connectivity index is 2.13. The number of Topliss-reactive ketones (excluding diaryl/α,β-unsaturated/α-hetero) is 1. The van der Waals surface area contributed by atoms with Crippen molar-refractivity contribution in [3.63, 3.8) is 0 Å². The summed E-state index contributed by atoms with van der Waals surface area (Å²) in [5, 5.41) is 18.2. The zero-order valence-corrected chi connectivity index (χ0v) is 22.5. The largest absolute Gasteiger partial charge is 0.478 e. The molecule has 0 spiro atoms. The van der Waals surface area contributed by atoms with Gasteiger partial charge in [0.05, 0.1) is 17.0 Å². The van der Waals surface area contributed by atoms with Crippen molar-refractivity contribution < 1.29 is 40.6 Å². The zero-order valence-electron chi connectivity index (χ0n) is 20.9. The number of carboxylic acid groups (broad SMARTS) is 1. The van der Waals surface area contributed by atoms with Gasteiger partial charge in [0, 0.05) is 24.2 Å². The first kappa shape index (κ1) is 28.4. The van der Waals surface area contributed by atoms with E-state index in [0.29, 0.717) is 5.56 Å². The van der Waals surface area contributed by atoms with Gasteiger partial charge >= 0.3 is 5.97 Å². The van der Waals surface area contributed by atoms with Crippen molar-refractivity contribution >= 4 is 43.4 Å². The normalized spacial score (nSPS) is 19.2. The Morgan fingerprint density at radius 3 is 2.28 bits per heavy atom. The number of carbonyl (C=O) groups is 2. The lowest BCUT2D eigenvalue weighted by molar-refractivity contribution is -0.121. The zero-order chi connectivity index (χ0) is 29.0. The molecule has 206 valence electrons. The van der Waals surface area contributed by atoms with Gasteiger partial charge in [0.2, 0.25) is 0 Å². The van der Waals surface area contributed by atoms with Crippen LogP contribution in [0.4, 0.5) is 5.69 Å².